The van der Waals surface area contributed by atoms with Gasteiger partial charge in [0.15, 0.2) is 0 Å². The SMILES string of the molecule is O=C(NC(=O)c1ccccc1)Nc1ncccn1. The smallest absolute Gasteiger partial charge is 0.276 e. The Morgan fingerprint density at radius 2 is 1.61 bits per heavy atom. The van der Waals surface area contributed by atoms with Crippen LogP contribution in [-0.2, 0) is 0 Å². The topological polar surface area (TPSA) is 84.0 Å². The van der Waals surface area contributed by atoms with Gasteiger partial charge in [-0.3, -0.25) is 15.4 Å². The number of hydrogen-bond donors (Lipinski definition) is 2. The van der Waals surface area contributed by atoms with Gasteiger partial charge in [-0.1, -0.05) is 18.2 Å². The van der Waals surface area contributed by atoms with E-state index in [1.54, 1.807) is 36.4 Å². The molecule has 0 saturated carbocycles. The van der Waals surface area contributed by atoms with Crippen molar-refractivity contribution < 1.29 is 9.59 Å². The van der Waals surface area contributed by atoms with Gasteiger partial charge < -0.3 is 0 Å². The highest BCUT2D eigenvalue weighted by Crippen LogP contribution is 1.98. The molecule has 2 rings (SSSR count). The second-order valence-electron chi connectivity index (χ2n) is 3.35. The summed E-state index contributed by atoms with van der Waals surface area (Å²) < 4.78 is 0. The molecule has 90 valence electrons. The lowest BCUT2D eigenvalue weighted by atomic mass is 10.2. The molecule has 2 N–H and O–H groups in total. The summed E-state index contributed by atoms with van der Waals surface area (Å²) in [6.07, 6.45) is 2.98. The molecule has 0 unspecified atom stereocenters. The first-order chi connectivity index (χ1) is 8.75. The molecule has 1 heterocycles. The first-order valence-electron chi connectivity index (χ1n) is 5.20. The second kappa shape index (κ2) is 5.53. The average Bonchev–Trinajstić information content (AvgIpc) is 2.40. The summed E-state index contributed by atoms with van der Waals surface area (Å²) >= 11 is 0. The number of nitrogens with zero attached hydrogens (tertiary/aromatic N) is 2. The van der Waals surface area contributed by atoms with Crippen LogP contribution in [0.4, 0.5) is 10.7 Å². The highest BCUT2D eigenvalue weighted by atomic mass is 16.2. The number of anilines is 1. The van der Waals surface area contributed by atoms with E-state index in [0.29, 0.717) is 5.56 Å². The van der Waals surface area contributed by atoms with Gasteiger partial charge in [-0.05, 0) is 18.2 Å². The largest absolute Gasteiger partial charge is 0.328 e. The lowest BCUT2D eigenvalue weighted by Gasteiger charge is -2.04. The maximum absolute atomic E-state index is 11.6. The van der Waals surface area contributed by atoms with E-state index in [1.165, 1.54) is 12.4 Å². The van der Waals surface area contributed by atoms with Crippen molar-refractivity contribution in [3.8, 4) is 0 Å². The predicted molar refractivity (Wildman–Crippen MR) is 65.0 cm³/mol. The number of benzene rings is 1. The molecule has 0 bridgehead atoms. The summed E-state index contributed by atoms with van der Waals surface area (Å²) in [5.74, 6) is -0.347. The van der Waals surface area contributed by atoms with Crippen molar-refractivity contribution in [2.45, 2.75) is 0 Å². The summed E-state index contributed by atoms with van der Waals surface area (Å²) in [5.41, 5.74) is 0.404. The zero-order valence-corrected chi connectivity index (χ0v) is 9.33. The lowest BCUT2D eigenvalue weighted by Crippen LogP contribution is -2.34. The zero-order valence-electron chi connectivity index (χ0n) is 9.33. The van der Waals surface area contributed by atoms with Gasteiger partial charge in [0, 0.05) is 18.0 Å². The minimum Gasteiger partial charge on any atom is -0.276 e. The number of nitrogens with one attached hydrogen (secondary N) is 2. The molecule has 6 nitrogen and oxygen atoms in total. The summed E-state index contributed by atoms with van der Waals surface area (Å²) in [5, 5.41) is 4.53. The third kappa shape index (κ3) is 3.11. The predicted octanol–water partition coefficient (Wildman–Crippen LogP) is 1.44. The maximum atomic E-state index is 11.6. The molecule has 2 aromatic rings. The van der Waals surface area contributed by atoms with Crippen LogP contribution in [-0.4, -0.2) is 21.9 Å². The van der Waals surface area contributed by atoms with Crippen molar-refractivity contribution in [1.82, 2.24) is 15.3 Å². The van der Waals surface area contributed by atoms with Crippen molar-refractivity contribution >= 4 is 17.9 Å². The highest BCUT2D eigenvalue weighted by Gasteiger charge is 2.10. The van der Waals surface area contributed by atoms with Gasteiger partial charge in [0.05, 0.1) is 0 Å². The minimum absolute atomic E-state index is 0.135. The van der Waals surface area contributed by atoms with Crippen molar-refractivity contribution in [2.24, 2.45) is 0 Å². The van der Waals surface area contributed by atoms with Gasteiger partial charge >= 0.3 is 6.03 Å². The van der Waals surface area contributed by atoms with E-state index in [0.717, 1.165) is 0 Å². The Balaban J connectivity index is 1.94. The van der Waals surface area contributed by atoms with Crippen LogP contribution >= 0.6 is 0 Å². The molecule has 0 aliphatic heterocycles. The van der Waals surface area contributed by atoms with E-state index in [2.05, 4.69) is 20.6 Å². The lowest BCUT2D eigenvalue weighted by molar-refractivity contribution is 0.0967. The van der Waals surface area contributed by atoms with Crippen molar-refractivity contribution in [3.63, 3.8) is 0 Å². The summed E-state index contributed by atoms with van der Waals surface area (Å²) in [4.78, 5) is 30.7. The van der Waals surface area contributed by atoms with Crippen LogP contribution in [0.3, 0.4) is 0 Å². The molecule has 3 amide bonds. The Hall–Kier alpha value is -2.76. The van der Waals surface area contributed by atoms with E-state index >= 15 is 0 Å². The van der Waals surface area contributed by atoms with Crippen LogP contribution in [0.1, 0.15) is 10.4 Å². The molecule has 0 saturated heterocycles. The Morgan fingerprint density at radius 3 is 2.28 bits per heavy atom. The molecule has 0 atom stereocenters. The van der Waals surface area contributed by atoms with Crippen LogP contribution in [0.25, 0.3) is 0 Å². The van der Waals surface area contributed by atoms with Gasteiger partial charge in [-0.25, -0.2) is 14.8 Å². The molecule has 1 aromatic carbocycles. The maximum Gasteiger partial charge on any atom is 0.328 e. The van der Waals surface area contributed by atoms with Crippen LogP contribution in [0.2, 0.25) is 0 Å². The molecule has 0 spiro atoms. The number of urea groups is 1. The van der Waals surface area contributed by atoms with Crippen LogP contribution in [0.15, 0.2) is 48.8 Å². The number of imide groups is 1. The Kier molecular flexibility index (Phi) is 3.60. The molecule has 0 aliphatic rings. The molecular formula is C12H10N4O2. The molecule has 18 heavy (non-hydrogen) atoms. The molecular weight excluding hydrogens is 232 g/mol. The first-order valence-corrected chi connectivity index (χ1v) is 5.20. The Labute approximate surface area is 103 Å². The van der Waals surface area contributed by atoms with Crippen molar-refractivity contribution in [3.05, 3.63) is 54.4 Å². The summed E-state index contributed by atoms with van der Waals surface area (Å²) in [6.45, 7) is 0. The average molecular weight is 242 g/mol. The fourth-order valence-corrected chi connectivity index (χ4v) is 1.26. The van der Waals surface area contributed by atoms with Gasteiger partial charge in [-0.15, -0.1) is 0 Å². The summed E-state index contributed by atoms with van der Waals surface area (Å²) in [7, 11) is 0. The number of aromatic nitrogens is 2. The third-order valence-corrected chi connectivity index (χ3v) is 2.05. The van der Waals surface area contributed by atoms with Crippen LogP contribution in [0.5, 0.6) is 0 Å². The van der Waals surface area contributed by atoms with E-state index < -0.39 is 11.9 Å². The van der Waals surface area contributed by atoms with E-state index in [1.807, 2.05) is 0 Å². The normalized spacial score (nSPS) is 9.56. The van der Waals surface area contributed by atoms with Crippen LogP contribution < -0.4 is 10.6 Å². The quantitative estimate of drug-likeness (QED) is 0.834. The first kappa shape index (κ1) is 11.7. The van der Waals surface area contributed by atoms with Gasteiger partial charge in [-0.2, -0.15) is 0 Å². The molecule has 0 radical (unpaired) electrons. The van der Waals surface area contributed by atoms with E-state index in [9.17, 15) is 9.59 Å². The minimum atomic E-state index is -0.671. The molecule has 0 fully saturated rings. The van der Waals surface area contributed by atoms with Gasteiger partial charge in [0.2, 0.25) is 5.95 Å². The van der Waals surface area contributed by atoms with Crippen LogP contribution in [0, 0.1) is 0 Å². The fraction of sp³-hybridized carbons (Fsp3) is 0. The monoisotopic (exact) mass is 242 g/mol. The Bertz CT molecular complexity index is 543. The number of amides is 3. The standard InChI is InChI=1S/C12H10N4O2/c17-10(9-5-2-1-3-6-9)15-12(18)16-11-13-7-4-8-14-11/h1-8H,(H2,13,14,15,16,17,18). The third-order valence-electron chi connectivity index (χ3n) is 2.05. The van der Waals surface area contributed by atoms with E-state index in [-0.39, 0.29) is 5.95 Å². The van der Waals surface area contributed by atoms with Crippen molar-refractivity contribution in [1.29, 1.82) is 0 Å². The summed E-state index contributed by atoms with van der Waals surface area (Å²) in [6, 6.07) is 9.39. The van der Waals surface area contributed by atoms with E-state index in [4.69, 9.17) is 0 Å². The number of hydrogen-bond acceptors (Lipinski definition) is 4. The molecule has 1 aromatic heterocycles. The second-order valence-corrected chi connectivity index (χ2v) is 3.35. The fourth-order valence-electron chi connectivity index (χ4n) is 1.26. The zero-order chi connectivity index (χ0) is 12.8. The van der Waals surface area contributed by atoms with Crippen molar-refractivity contribution in [2.75, 3.05) is 5.32 Å². The van der Waals surface area contributed by atoms with Gasteiger partial charge in [0.25, 0.3) is 5.91 Å². The molecule has 0 aliphatic carbocycles. The number of carbonyl (C=O) groups is 2. The number of rotatable bonds is 2. The highest BCUT2D eigenvalue weighted by molar-refractivity contribution is 6.07. The Morgan fingerprint density at radius 1 is 0.944 bits per heavy atom. The molecule has 6 heteroatoms. The van der Waals surface area contributed by atoms with Gasteiger partial charge in [0.1, 0.15) is 0 Å². The number of carbonyl (C=O) groups excluding carboxylic acids is 2.